The highest BCUT2D eigenvalue weighted by Gasteiger charge is 2.16. The SMILES string of the molecule is O=C(CCCS(=O)(=O)c1ccc(F)cc1)Nc1nnc(Cc2ccccc2)o1. The quantitative estimate of drug-likeness (QED) is 0.580. The summed E-state index contributed by atoms with van der Waals surface area (Å²) in [6, 6.07) is 14.1. The molecule has 0 bridgehead atoms. The number of anilines is 1. The lowest BCUT2D eigenvalue weighted by Gasteiger charge is -2.04. The summed E-state index contributed by atoms with van der Waals surface area (Å²) >= 11 is 0. The number of nitrogens with one attached hydrogen (secondary N) is 1. The molecule has 28 heavy (non-hydrogen) atoms. The van der Waals surface area contributed by atoms with Gasteiger partial charge in [0.25, 0.3) is 0 Å². The summed E-state index contributed by atoms with van der Waals surface area (Å²) in [5.41, 5.74) is 0.995. The van der Waals surface area contributed by atoms with Crippen molar-refractivity contribution in [3.63, 3.8) is 0 Å². The minimum absolute atomic E-state index is 0.0248. The van der Waals surface area contributed by atoms with Crippen LogP contribution >= 0.6 is 0 Å². The summed E-state index contributed by atoms with van der Waals surface area (Å²) in [4.78, 5) is 12.0. The van der Waals surface area contributed by atoms with Gasteiger partial charge in [-0.1, -0.05) is 35.4 Å². The van der Waals surface area contributed by atoms with Crippen molar-refractivity contribution < 1.29 is 22.0 Å². The third-order valence-corrected chi connectivity index (χ3v) is 5.72. The van der Waals surface area contributed by atoms with Gasteiger partial charge in [-0.15, -0.1) is 5.10 Å². The number of hydrogen-bond acceptors (Lipinski definition) is 6. The molecule has 3 aromatic rings. The molecule has 0 aliphatic carbocycles. The number of benzene rings is 2. The summed E-state index contributed by atoms with van der Waals surface area (Å²) in [5.74, 6) is -0.802. The molecule has 2 aromatic carbocycles. The van der Waals surface area contributed by atoms with Crippen LogP contribution in [0.2, 0.25) is 0 Å². The zero-order valence-corrected chi connectivity index (χ0v) is 15.7. The van der Waals surface area contributed by atoms with Crippen molar-refractivity contribution in [3.05, 3.63) is 71.9 Å². The zero-order chi connectivity index (χ0) is 20.0. The van der Waals surface area contributed by atoms with Crippen LogP contribution < -0.4 is 5.32 Å². The van der Waals surface area contributed by atoms with E-state index < -0.39 is 21.6 Å². The topological polar surface area (TPSA) is 102 Å². The first-order chi connectivity index (χ1) is 13.4. The van der Waals surface area contributed by atoms with Gasteiger partial charge in [-0.2, -0.15) is 0 Å². The van der Waals surface area contributed by atoms with Gasteiger partial charge in [0.1, 0.15) is 5.82 Å². The Morgan fingerprint density at radius 2 is 1.75 bits per heavy atom. The Kier molecular flexibility index (Phi) is 6.15. The molecule has 1 N–H and O–H groups in total. The van der Waals surface area contributed by atoms with Gasteiger partial charge in [0.2, 0.25) is 11.8 Å². The van der Waals surface area contributed by atoms with E-state index in [1.54, 1.807) is 0 Å². The van der Waals surface area contributed by atoms with E-state index in [-0.39, 0.29) is 29.5 Å². The number of hydrogen-bond donors (Lipinski definition) is 1. The van der Waals surface area contributed by atoms with Crippen molar-refractivity contribution in [3.8, 4) is 0 Å². The third kappa shape index (κ3) is 5.46. The monoisotopic (exact) mass is 403 g/mol. The molecule has 146 valence electrons. The summed E-state index contributed by atoms with van der Waals surface area (Å²) < 4.78 is 42.6. The van der Waals surface area contributed by atoms with Crippen LogP contribution in [0.25, 0.3) is 0 Å². The second-order valence-electron chi connectivity index (χ2n) is 6.09. The van der Waals surface area contributed by atoms with Crippen molar-refractivity contribution >= 4 is 21.8 Å². The van der Waals surface area contributed by atoms with E-state index in [9.17, 15) is 17.6 Å². The summed E-state index contributed by atoms with van der Waals surface area (Å²) in [5, 5.41) is 10.1. The van der Waals surface area contributed by atoms with Crippen molar-refractivity contribution in [1.82, 2.24) is 10.2 Å². The summed E-state index contributed by atoms with van der Waals surface area (Å²) in [6.07, 6.45) is 0.521. The summed E-state index contributed by atoms with van der Waals surface area (Å²) in [6.45, 7) is 0. The maximum absolute atomic E-state index is 12.9. The molecule has 0 atom stereocenters. The highest BCUT2D eigenvalue weighted by molar-refractivity contribution is 7.91. The van der Waals surface area contributed by atoms with Gasteiger partial charge in [-0.25, -0.2) is 12.8 Å². The van der Waals surface area contributed by atoms with Crippen molar-refractivity contribution in [2.45, 2.75) is 24.2 Å². The Labute approximate surface area is 161 Å². The maximum Gasteiger partial charge on any atom is 0.322 e. The standard InChI is InChI=1S/C19H18FN3O4S/c20-15-8-10-16(11-9-15)28(25,26)12-4-7-17(24)21-19-23-22-18(27-19)13-14-5-2-1-3-6-14/h1-3,5-6,8-11H,4,7,12-13H2,(H,21,23,24). The number of sulfone groups is 1. The van der Waals surface area contributed by atoms with Crippen LogP contribution in [0.4, 0.5) is 10.4 Å². The van der Waals surface area contributed by atoms with E-state index in [4.69, 9.17) is 4.42 Å². The summed E-state index contributed by atoms with van der Waals surface area (Å²) in [7, 11) is -3.57. The first-order valence-corrected chi connectivity index (χ1v) is 10.2. The predicted molar refractivity (Wildman–Crippen MR) is 99.9 cm³/mol. The number of amides is 1. The number of nitrogens with zero attached hydrogens (tertiary/aromatic N) is 2. The lowest BCUT2D eigenvalue weighted by molar-refractivity contribution is -0.116. The molecule has 0 spiro atoms. The van der Waals surface area contributed by atoms with Crippen LogP contribution in [0.3, 0.4) is 0 Å². The van der Waals surface area contributed by atoms with Gasteiger partial charge in [-0.05, 0) is 36.2 Å². The number of carbonyl (C=O) groups excluding carboxylic acids is 1. The van der Waals surface area contributed by atoms with E-state index >= 15 is 0 Å². The molecule has 0 aliphatic rings. The molecule has 0 saturated carbocycles. The maximum atomic E-state index is 12.9. The van der Waals surface area contributed by atoms with E-state index in [1.165, 1.54) is 12.1 Å². The third-order valence-electron chi connectivity index (χ3n) is 3.90. The highest BCUT2D eigenvalue weighted by Crippen LogP contribution is 2.14. The van der Waals surface area contributed by atoms with Gasteiger partial charge >= 0.3 is 6.01 Å². The molecule has 1 aromatic heterocycles. The molecule has 7 nitrogen and oxygen atoms in total. The molecule has 9 heteroatoms. The van der Waals surface area contributed by atoms with Gasteiger partial charge < -0.3 is 4.42 Å². The van der Waals surface area contributed by atoms with E-state index in [1.807, 2.05) is 30.3 Å². The van der Waals surface area contributed by atoms with Crippen LogP contribution in [0, 0.1) is 5.82 Å². The lowest BCUT2D eigenvalue weighted by Crippen LogP contribution is -2.14. The fraction of sp³-hybridized carbons (Fsp3) is 0.211. The second-order valence-corrected chi connectivity index (χ2v) is 8.20. The Morgan fingerprint density at radius 3 is 2.46 bits per heavy atom. The van der Waals surface area contributed by atoms with Crippen LogP contribution in [0.15, 0.2) is 63.9 Å². The first kappa shape index (κ1) is 19.7. The van der Waals surface area contributed by atoms with Crippen molar-refractivity contribution in [1.29, 1.82) is 0 Å². The average Bonchev–Trinajstić information content (AvgIpc) is 3.09. The van der Waals surface area contributed by atoms with E-state index in [2.05, 4.69) is 15.5 Å². The molecule has 3 rings (SSSR count). The van der Waals surface area contributed by atoms with Crippen molar-refractivity contribution in [2.24, 2.45) is 0 Å². The normalized spacial score (nSPS) is 11.3. The van der Waals surface area contributed by atoms with E-state index in [0.29, 0.717) is 12.3 Å². The van der Waals surface area contributed by atoms with Crippen LogP contribution in [0.1, 0.15) is 24.3 Å². The molecular weight excluding hydrogens is 385 g/mol. The molecule has 1 amide bonds. The van der Waals surface area contributed by atoms with E-state index in [0.717, 1.165) is 17.7 Å². The minimum Gasteiger partial charge on any atom is -0.407 e. The zero-order valence-electron chi connectivity index (χ0n) is 14.8. The Bertz CT molecular complexity index is 1030. The van der Waals surface area contributed by atoms with Gasteiger partial charge in [0.05, 0.1) is 17.1 Å². The average molecular weight is 403 g/mol. The largest absolute Gasteiger partial charge is 0.407 e. The van der Waals surface area contributed by atoms with Gasteiger partial charge in [0.15, 0.2) is 9.84 Å². The van der Waals surface area contributed by atoms with Crippen molar-refractivity contribution in [2.75, 3.05) is 11.1 Å². The highest BCUT2D eigenvalue weighted by atomic mass is 32.2. The predicted octanol–water partition coefficient (Wildman–Crippen LogP) is 2.99. The Balaban J connectivity index is 1.47. The molecular formula is C19H18FN3O4S. The van der Waals surface area contributed by atoms with Crippen LogP contribution in [-0.4, -0.2) is 30.3 Å². The fourth-order valence-corrected chi connectivity index (χ4v) is 3.82. The van der Waals surface area contributed by atoms with Gasteiger partial charge in [0, 0.05) is 6.42 Å². The molecule has 0 saturated heterocycles. The number of aromatic nitrogens is 2. The van der Waals surface area contributed by atoms with Crippen LogP contribution in [-0.2, 0) is 21.1 Å². The lowest BCUT2D eigenvalue weighted by atomic mass is 10.2. The second kappa shape index (κ2) is 8.75. The molecule has 0 aliphatic heterocycles. The van der Waals surface area contributed by atoms with Gasteiger partial charge in [-0.3, -0.25) is 10.1 Å². The molecule has 0 fully saturated rings. The Morgan fingerprint density at radius 1 is 1.04 bits per heavy atom. The molecule has 1 heterocycles. The smallest absolute Gasteiger partial charge is 0.322 e. The number of rotatable bonds is 8. The fourth-order valence-electron chi connectivity index (χ4n) is 2.51. The minimum atomic E-state index is -3.57. The molecule has 0 unspecified atom stereocenters. The van der Waals surface area contributed by atoms with Crippen LogP contribution in [0.5, 0.6) is 0 Å². The first-order valence-electron chi connectivity index (χ1n) is 8.57. The molecule has 0 radical (unpaired) electrons. The number of halogens is 1. The Hall–Kier alpha value is -3.07. The number of carbonyl (C=O) groups is 1.